The summed E-state index contributed by atoms with van der Waals surface area (Å²) in [7, 11) is 1.44. The number of carbonyl (C=O) groups is 1. The van der Waals surface area contributed by atoms with Gasteiger partial charge in [-0.2, -0.15) is 22.0 Å². The number of nitrogens with two attached hydrogens (primary N) is 1. The first-order valence-corrected chi connectivity index (χ1v) is 11.1. The lowest BCUT2D eigenvalue weighted by atomic mass is 10.1. The Kier molecular flexibility index (Phi) is 8.93. The minimum atomic E-state index is -4.62. The van der Waals surface area contributed by atoms with Gasteiger partial charge in [0.15, 0.2) is 5.82 Å². The Balaban J connectivity index is 1.67. The average molecular weight is 533 g/mol. The molecule has 0 saturated carbocycles. The van der Waals surface area contributed by atoms with Gasteiger partial charge in [0.05, 0.1) is 23.6 Å². The molecule has 1 amide bonds. The lowest BCUT2D eigenvalue weighted by Gasteiger charge is -2.15. The van der Waals surface area contributed by atoms with E-state index in [4.69, 9.17) is 15.3 Å². The first kappa shape index (κ1) is 27.0. The van der Waals surface area contributed by atoms with E-state index in [9.17, 15) is 26.7 Å². The molecule has 3 rings (SSSR count). The first-order chi connectivity index (χ1) is 17.1. The topological polar surface area (TPSA) is 114 Å². The molecular formula is C21H20F5N5O4S. The van der Waals surface area contributed by atoms with Crippen molar-refractivity contribution in [2.45, 2.75) is 17.9 Å². The van der Waals surface area contributed by atoms with Crippen LogP contribution >= 0.6 is 11.8 Å². The first-order valence-electron chi connectivity index (χ1n) is 10.1. The lowest BCUT2D eigenvalue weighted by Crippen LogP contribution is -2.18. The van der Waals surface area contributed by atoms with E-state index in [1.54, 1.807) is 0 Å². The number of nitrogens with one attached hydrogen (secondary N) is 1. The fourth-order valence-electron chi connectivity index (χ4n) is 2.84. The number of anilines is 1. The minimum Gasteiger partial charge on any atom is -0.489 e. The predicted octanol–water partition coefficient (Wildman–Crippen LogP) is 4.04. The molecule has 0 radical (unpaired) electrons. The van der Waals surface area contributed by atoms with Gasteiger partial charge in [-0.1, -0.05) is 11.8 Å². The Hall–Kier alpha value is -3.59. The van der Waals surface area contributed by atoms with Crippen molar-refractivity contribution in [1.29, 1.82) is 0 Å². The van der Waals surface area contributed by atoms with Gasteiger partial charge in [0.25, 0.3) is 0 Å². The van der Waals surface area contributed by atoms with Crippen molar-refractivity contribution < 1.29 is 41.0 Å². The van der Waals surface area contributed by atoms with Crippen molar-refractivity contribution in [3.8, 4) is 22.9 Å². The van der Waals surface area contributed by atoms with Crippen LogP contribution < -0.4 is 20.6 Å². The number of hydrogen-bond donors (Lipinski definition) is 2. The summed E-state index contributed by atoms with van der Waals surface area (Å²) in [5, 5.41) is 10.3. The van der Waals surface area contributed by atoms with Crippen LogP contribution in [0, 0.1) is 0 Å². The summed E-state index contributed by atoms with van der Waals surface area (Å²) in [6, 6.07) is 8.24. The van der Waals surface area contributed by atoms with E-state index in [0.717, 1.165) is 34.6 Å². The van der Waals surface area contributed by atoms with Crippen LogP contribution in [-0.4, -0.2) is 53.5 Å². The highest BCUT2D eigenvalue weighted by Gasteiger charge is 2.31. The van der Waals surface area contributed by atoms with Gasteiger partial charge in [-0.3, -0.25) is 4.79 Å². The molecule has 2 aromatic carbocycles. The maximum atomic E-state index is 13.1. The zero-order chi connectivity index (χ0) is 26.3. The third kappa shape index (κ3) is 7.21. The average Bonchev–Trinajstić information content (AvgIpc) is 3.18. The van der Waals surface area contributed by atoms with Crippen LogP contribution in [0.2, 0.25) is 0 Å². The molecule has 0 atom stereocenters. The van der Waals surface area contributed by atoms with Crippen molar-refractivity contribution in [2.75, 3.05) is 37.2 Å². The van der Waals surface area contributed by atoms with E-state index in [-0.39, 0.29) is 47.1 Å². The highest BCUT2D eigenvalue weighted by molar-refractivity contribution is 7.99. The molecule has 1 heterocycles. The van der Waals surface area contributed by atoms with Crippen LogP contribution in [0.4, 0.5) is 27.6 Å². The zero-order valence-electron chi connectivity index (χ0n) is 18.6. The second kappa shape index (κ2) is 11.9. The third-order valence-corrected chi connectivity index (χ3v) is 5.40. The van der Waals surface area contributed by atoms with Gasteiger partial charge < -0.3 is 25.4 Å². The highest BCUT2D eigenvalue weighted by atomic mass is 32.2. The Labute approximate surface area is 205 Å². The molecule has 0 fully saturated rings. The smallest absolute Gasteiger partial charge is 0.416 e. The fraction of sp³-hybridized carbons (Fsp3) is 0.286. The van der Waals surface area contributed by atoms with Crippen molar-refractivity contribution in [1.82, 2.24) is 14.9 Å². The van der Waals surface area contributed by atoms with Crippen molar-refractivity contribution in [2.24, 2.45) is 0 Å². The number of nitrogens with zero attached hydrogens (tertiary/aromatic N) is 3. The van der Waals surface area contributed by atoms with Gasteiger partial charge >= 0.3 is 12.8 Å². The Morgan fingerprint density at radius 1 is 1.14 bits per heavy atom. The fourth-order valence-corrected chi connectivity index (χ4v) is 3.50. The summed E-state index contributed by atoms with van der Waals surface area (Å²) in [5.74, 6) is 5.26. The van der Waals surface area contributed by atoms with Gasteiger partial charge in [-0.25, -0.2) is 4.68 Å². The number of halogens is 5. The van der Waals surface area contributed by atoms with Crippen LogP contribution in [0.5, 0.6) is 11.5 Å². The Morgan fingerprint density at radius 2 is 1.86 bits per heavy atom. The lowest BCUT2D eigenvalue weighted by molar-refractivity contribution is -0.137. The van der Waals surface area contributed by atoms with Gasteiger partial charge in [0, 0.05) is 12.7 Å². The largest absolute Gasteiger partial charge is 0.489 e. The monoisotopic (exact) mass is 533 g/mol. The molecule has 0 unspecified atom stereocenters. The van der Waals surface area contributed by atoms with E-state index < -0.39 is 24.3 Å². The number of amides is 1. The van der Waals surface area contributed by atoms with Gasteiger partial charge in [0.2, 0.25) is 11.1 Å². The van der Waals surface area contributed by atoms with Crippen LogP contribution in [0.1, 0.15) is 5.56 Å². The van der Waals surface area contributed by atoms with Gasteiger partial charge in [0.1, 0.15) is 18.1 Å². The SMILES string of the molecule is COCCOc1ccc(C(F)(F)F)cc1NC(=O)CSc1nnc(-c2ccc(OC(F)F)cc2)n1N. The van der Waals surface area contributed by atoms with E-state index in [2.05, 4.69) is 20.3 Å². The number of methoxy groups -OCH3 is 1. The summed E-state index contributed by atoms with van der Waals surface area (Å²) in [4.78, 5) is 12.5. The zero-order valence-corrected chi connectivity index (χ0v) is 19.4. The quantitative estimate of drug-likeness (QED) is 0.164. The highest BCUT2D eigenvalue weighted by Crippen LogP contribution is 2.35. The summed E-state index contributed by atoms with van der Waals surface area (Å²) in [6.07, 6.45) is -4.62. The summed E-state index contributed by atoms with van der Waals surface area (Å²) >= 11 is 0.884. The molecule has 3 N–H and O–H groups in total. The summed E-state index contributed by atoms with van der Waals surface area (Å²) < 4.78 is 79.6. The summed E-state index contributed by atoms with van der Waals surface area (Å²) in [5.41, 5.74) is -0.668. The van der Waals surface area contributed by atoms with Gasteiger partial charge in [-0.05, 0) is 42.5 Å². The number of thioether (sulfide) groups is 1. The summed E-state index contributed by atoms with van der Waals surface area (Å²) in [6.45, 7) is -2.71. The second-order valence-electron chi connectivity index (χ2n) is 6.97. The Bertz CT molecular complexity index is 1170. The number of ether oxygens (including phenoxy) is 3. The number of hydrogen-bond acceptors (Lipinski definition) is 8. The van der Waals surface area contributed by atoms with E-state index in [1.165, 1.54) is 31.4 Å². The van der Waals surface area contributed by atoms with Crippen molar-refractivity contribution in [3.05, 3.63) is 48.0 Å². The number of carbonyl (C=O) groups excluding carboxylic acids is 1. The molecule has 15 heteroatoms. The normalized spacial score (nSPS) is 11.5. The predicted molar refractivity (Wildman–Crippen MR) is 120 cm³/mol. The second-order valence-corrected chi connectivity index (χ2v) is 7.91. The number of benzene rings is 2. The van der Waals surface area contributed by atoms with E-state index >= 15 is 0 Å². The molecule has 0 saturated heterocycles. The molecule has 0 spiro atoms. The van der Waals surface area contributed by atoms with Crippen LogP contribution in [0.3, 0.4) is 0 Å². The van der Waals surface area contributed by atoms with Crippen LogP contribution in [-0.2, 0) is 15.7 Å². The number of aromatic nitrogens is 3. The molecule has 0 aliphatic carbocycles. The number of nitrogen functional groups attached to an aromatic ring is 1. The maximum Gasteiger partial charge on any atom is 0.416 e. The molecule has 9 nitrogen and oxygen atoms in total. The van der Waals surface area contributed by atoms with Crippen LogP contribution in [0.15, 0.2) is 47.6 Å². The Morgan fingerprint density at radius 3 is 2.50 bits per heavy atom. The molecule has 1 aromatic heterocycles. The standard InChI is InChI=1S/C21H20F5N5O4S/c1-33-8-9-34-16-7-4-13(21(24,25)26)10-15(16)28-17(32)11-36-20-30-29-18(31(20)27)12-2-5-14(6-3-12)35-19(22)23/h2-7,10,19H,8-9,11,27H2,1H3,(H,28,32). The molecule has 0 bridgehead atoms. The molecule has 0 aliphatic heterocycles. The molecule has 194 valence electrons. The molecule has 3 aromatic rings. The van der Waals surface area contributed by atoms with E-state index in [1.807, 2.05) is 0 Å². The minimum absolute atomic E-state index is 0.0435. The third-order valence-electron chi connectivity index (χ3n) is 4.46. The number of alkyl halides is 5. The van der Waals surface area contributed by atoms with E-state index in [0.29, 0.717) is 5.56 Å². The maximum absolute atomic E-state index is 13.1. The van der Waals surface area contributed by atoms with Crippen LogP contribution in [0.25, 0.3) is 11.4 Å². The van der Waals surface area contributed by atoms with Crippen molar-refractivity contribution in [3.63, 3.8) is 0 Å². The number of rotatable bonds is 11. The molecule has 0 aliphatic rings. The van der Waals surface area contributed by atoms with Crippen molar-refractivity contribution >= 4 is 23.4 Å². The van der Waals surface area contributed by atoms with Gasteiger partial charge in [-0.15, -0.1) is 10.2 Å². The molecular weight excluding hydrogens is 513 g/mol. The molecule has 36 heavy (non-hydrogen) atoms.